The Morgan fingerprint density at radius 1 is 1.06 bits per heavy atom. The number of nitrogens with zero attached hydrogens (tertiary/aromatic N) is 1. The molecule has 0 atom stereocenters. The van der Waals surface area contributed by atoms with Crippen molar-refractivity contribution >= 4 is 11.0 Å². The maximum Gasteiger partial charge on any atom is 0.164 e. The summed E-state index contributed by atoms with van der Waals surface area (Å²) >= 11 is 0. The first-order valence-electron chi connectivity index (χ1n) is 10.7. The number of phenolic OH excluding ortho intramolecular Hbond substituents is 1. The van der Waals surface area contributed by atoms with Crippen LogP contribution in [0, 0.1) is 0 Å². The van der Waals surface area contributed by atoms with Crippen molar-refractivity contribution in [1.82, 2.24) is 0 Å². The van der Waals surface area contributed by atoms with E-state index in [0.29, 0.717) is 75.7 Å². The number of phenols is 1. The van der Waals surface area contributed by atoms with Crippen molar-refractivity contribution in [3.8, 4) is 34.1 Å². The van der Waals surface area contributed by atoms with Gasteiger partial charge in [-0.3, -0.25) is 0 Å². The Morgan fingerprint density at radius 3 is 2.48 bits per heavy atom. The number of hydrogen-bond donors (Lipinski definition) is 2. The Kier molecular flexibility index (Phi) is 5.93. The molecular weight excluding hydrogens is 398 g/mol. The molecule has 7 nitrogen and oxygen atoms in total. The van der Waals surface area contributed by atoms with Gasteiger partial charge in [-0.1, -0.05) is 18.5 Å². The van der Waals surface area contributed by atoms with Gasteiger partial charge in [-0.25, -0.2) is 0 Å². The standard InChI is InChI=1S/C24H27NO6/c1-4-7-8-14-17(26)10-9-15-23(25-27)22-16-11-19(28-5-2)20(29-6-3)12-18(16)30-13-21(22)31-24(14)15/h9-12,26-27H,4-8,13H2,1-3H3/b25-23+. The van der Waals surface area contributed by atoms with Crippen LogP contribution in [0.2, 0.25) is 0 Å². The minimum Gasteiger partial charge on any atom is -0.508 e. The van der Waals surface area contributed by atoms with E-state index in [2.05, 4.69) is 12.1 Å². The fourth-order valence-corrected chi connectivity index (χ4v) is 3.98. The van der Waals surface area contributed by atoms with Gasteiger partial charge in [0.05, 0.1) is 18.8 Å². The fraction of sp³-hybridized carbons (Fsp3) is 0.375. The van der Waals surface area contributed by atoms with Gasteiger partial charge >= 0.3 is 0 Å². The zero-order valence-corrected chi connectivity index (χ0v) is 18.0. The molecular formula is C24H27NO6. The van der Waals surface area contributed by atoms with E-state index < -0.39 is 0 Å². The van der Waals surface area contributed by atoms with Crippen molar-refractivity contribution < 1.29 is 28.9 Å². The van der Waals surface area contributed by atoms with Crippen LogP contribution < -0.4 is 19.6 Å². The van der Waals surface area contributed by atoms with Crippen molar-refractivity contribution in [2.45, 2.75) is 46.6 Å². The predicted molar refractivity (Wildman–Crippen MR) is 116 cm³/mol. The second-order valence-electron chi connectivity index (χ2n) is 7.34. The molecule has 31 heavy (non-hydrogen) atoms. The summed E-state index contributed by atoms with van der Waals surface area (Å²) in [5.41, 5.74) is 2.57. The van der Waals surface area contributed by atoms with Gasteiger partial charge in [-0.15, -0.1) is 0 Å². The maximum absolute atomic E-state index is 10.4. The molecule has 2 heterocycles. The number of benzene rings is 2. The Bertz CT molecular complexity index is 1180. The van der Waals surface area contributed by atoms with Gasteiger partial charge in [-0.05, 0) is 44.9 Å². The lowest BCUT2D eigenvalue weighted by Gasteiger charge is -2.23. The summed E-state index contributed by atoms with van der Waals surface area (Å²) in [6.45, 7) is 7.05. The van der Waals surface area contributed by atoms with Crippen molar-refractivity contribution in [3.63, 3.8) is 0 Å². The third kappa shape index (κ3) is 3.65. The summed E-state index contributed by atoms with van der Waals surface area (Å²) in [7, 11) is 0. The van der Waals surface area contributed by atoms with E-state index >= 15 is 0 Å². The average Bonchev–Trinajstić information content (AvgIpc) is 2.77. The third-order valence-corrected chi connectivity index (χ3v) is 5.39. The number of rotatable bonds is 7. The van der Waals surface area contributed by atoms with E-state index in [1.54, 1.807) is 18.2 Å². The molecule has 4 rings (SSSR count). The number of ether oxygens (including phenoxy) is 3. The van der Waals surface area contributed by atoms with Gasteiger partial charge in [0, 0.05) is 22.6 Å². The molecule has 2 aromatic carbocycles. The number of aromatic hydroxyl groups is 1. The van der Waals surface area contributed by atoms with E-state index in [-0.39, 0.29) is 12.4 Å². The summed E-state index contributed by atoms with van der Waals surface area (Å²) in [4.78, 5) is 0. The largest absolute Gasteiger partial charge is 0.508 e. The molecule has 3 aromatic rings. The van der Waals surface area contributed by atoms with Gasteiger partial charge < -0.3 is 28.9 Å². The summed E-state index contributed by atoms with van der Waals surface area (Å²) in [6.07, 6.45) is 2.55. The molecule has 0 amide bonds. The fourth-order valence-electron chi connectivity index (χ4n) is 3.98. The molecule has 0 bridgehead atoms. The van der Waals surface area contributed by atoms with Gasteiger partial charge in [0.25, 0.3) is 0 Å². The first-order chi connectivity index (χ1) is 15.1. The highest BCUT2D eigenvalue weighted by Gasteiger charge is 2.27. The zero-order chi connectivity index (χ0) is 22.0. The Labute approximate surface area is 180 Å². The van der Waals surface area contributed by atoms with Gasteiger partial charge in [0.2, 0.25) is 0 Å². The van der Waals surface area contributed by atoms with Crippen molar-refractivity contribution in [1.29, 1.82) is 0 Å². The molecule has 1 aliphatic heterocycles. The number of fused-ring (bicyclic) bond motifs is 4. The minimum atomic E-state index is 0.170. The number of aryl methyl sites for hydroxylation is 1. The highest BCUT2D eigenvalue weighted by atomic mass is 16.5. The van der Waals surface area contributed by atoms with Gasteiger partial charge in [-0.2, -0.15) is 0 Å². The van der Waals surface area contributed by atoms with E-state index in [0.717, 1.165) is 12.8 Å². The number of unbranched alkanes of at least 4 members (excludes halogenated alkanes) is 1. The predicted octanol–water partition coefficient (Wildman–Crippen LogP) is 5.13. The molecule has 0 aliphatic carbocycles. The van der Waals surface area contributed by atoms with Gasteiger partial charge in [0.1, 0.15) is 29.0 Å². The monoisotopic (exact) mass is 425 g/mol. The summed E-state index contributed by atoms with van der Waals surface area (Å²) < 4.78 is 23.7. The lowest BCUT2D eigenvalue weighted by Crippen LogP contribution is -2.17. The van der Waals surface area contributed by atoms with Crippen LogP contribution in [0.1, 0.15) is 44.9 Å². The minimum absolute atomic E-state index is 0.170. The Morgan fingerprint density at radius 2 is 1.81 bits per heavy atom. The molecule has 0 radical (unpaired) electrons. The number of hydrogen-bond acceptors (Lipinski definition) is 7. The lowest BCUT2D eigenvalue weighted by molar-refractivity contribution is 0.256. The van der Waals surface area contributed by atoms with Crippen LogP contribution in [-0.2, 0) is 13.0 Å². The zero-order valence-electron chi connectivity index (χ0n) is 18.0. The summed E-state index contributed by atoms with van der Waals surface area (Å²) in [5.74, 6) is 2.48. The smallest absolute Gasteiger partial charge is 0.164 e. The van der Waals surface area contributed by atoms with E-state index in [1.807, 2.05) is 19.9 Å². The molecule has 0 fully saturated rings. The quantitative estimate of drug-likeness (QED) is 0.403. The van der Waals surface area contributed by atoms with E-state index in [9.17, 15) is 10.3 Å². The van der Waals surface area contributed by atoms with Crippen LogP contribution in [0.4, 0.5) is 0 Å². The molecule has 0 saturated heterocycles. The Hall–Kier alpha value is -3.35. The van der Waals surface area contributed by atoms with Crippen molar-refractivity contribution in [3.05, 3.63) is 40.9 Å². The third-order valence-electron chi connectivity index (χ3n) is 5.39. The molecule has 0 spiro atoms. The average molecular weight is 425 g/mol. The molecule has 2 N–H and O–H groups in total. The first kappa shape index (κ1) is 20.9. The molecule has 0 saturated carbocycles. The lowest BCUT2D eigenvalue weighted by atomic mass is 9.96. The highest BCUT2D eigenvalue weighted by Crippen LogP contribution is 2.44. The van der Waals surface area contributed by atoms with E-state index in [1.165, 1.54) is 0 Å². The van der Waals surface area contributed by atoms with Crippen LogP contribution in [0.3, 0.4) is 0 Å². The molecule has 164 valence electrons. The molecule has 0 unspecified atom stereocenters. The topological polar surface area (TPSA) is 93.7 Å². The highest BCUT2D eigenvalue weighted by molar-refractivity contribution is 5.88. The van der Waals surface area contributed by atoms with Crippen LogP contribution in [0.15, 0.2) is 33.8 Å². The van der Waals surface area contributed by atoms with E-state index in [4.69, 9.17) is 18.6 Å². The summed E-state index contributed by atoms with van der Waals surface area (Å²) in [5, 5.41) is 25.0. The second kappa shape index (κ2) is 8.79. The van der Waals surface area contributed by atoms with Crippen LogP contribution >= 0.6 is 0 Å². The van der Waals surface area contributed by atoms with Crippen molar-refractivity contribution in [2.24, 2.45) is 5.16 Å². The second-order valence-corrected chi connectivity index (χ2v) is 7.34. The molecule has 7 heteroatoms. The maximum atomic E-state index is 10.4. The van der Waals surface area contributed by atoms with Crippen LogP contribution in [0.5, 0.6) is 23.0 Å². The molecule has 1 aliphatic rings. The molecule has 1 aromatic heterocycles. The SMILES string of the molecule is CCCCc1c(O)ccc2/c(=N\O)c3c(oc12)COc1cc(OCC)c(OCC)cc1-3. The van der Waals surface area contributed by atoms with Crippen LogP contribution in [-0.4, -0.2) is 23.5 Å². The normalized spacial score (nSPS) is 12.9. The summed E-state index contributed by atoms with van der Waals surface area (Å²) in [6, 6.07) is 6.96. The first-order valence-corrected chi connectivity index (χ1v) is 10.7. The van der Waals surface area contributed by atoms with Crippen molar-refractivity contribution in [2.75, 3.05) is 13.2 Å². The van der Waals surface area contributed by atoms with Gasteiger partial charge in [0.15, 0.2) is 17.3 Å². The van der Waals surface area contributed by atoms with Crippen LogP contribution in [0.25, 0.3) is 22.1 Å². The Balaban J connectivity index is 1.99.